The van der Waals surface area contributed by atoms with Crippen LogP contribution < -0.4 is 5.32 Å². The van der Waals surface area contributed by atoms with Gasteiger partial charge in [0.05, 0.1) is 5.52 Å². The van der Waals surface area contributed by atoms with Crippen LogP contribution in [0.1, 0.15) is 20.3 Å². The molecule has 2 rings (SSSR count). The van der Waals surface area contributed by atoms with Crippen molar-refractivity contribution in [3.05, 3.63) is 35.5 Å². The number of nitrogens with zero attached hydrogens (tertiary/aromatic N) is 1. The lowest BCUT2D eigenvalue weighted by Gasteiger charge is -2.27. The molecule has 1 aromatic heterocycles. The van der Waals surface area contributed by atoms with Crippen LogP contribution in [-0.2, 0) is 0 Å². The first-order valence-electron chi connectivity index (χ1n) is 5.90. The summed E-state index contributed by atoms with van der Waals surface area (Å²) in [5, 5.41) is 5.29. The second kappa shape index (κ2) is 5.33. The molecule has 0 fully saturated rings. The number of anilines is 1. The molecule has 0 bridgehead atoms. The van der Waals surface area contributed by atoms with Gasteiger partial charge in [0.2, 0.25) is 0 Å². The molecule has 0 spiro atoms. The third-order valence-electron chi connectivity index (χ3n) is 2.90. The van der Waals surface area contributed by atoms with Crippen LogP contribution in [0.25, 0.3) is 10.9 Å². The SMILES string of the molecule is CC(C)(CCCl)Nc1ccnc2cc(Cl)ccc12. The van der Waals surface area contributed by atoms with Crippen molar-refractivity contribution in [2.75, 3.05) is 11.2 Å². The largest absolute Gasteiger partial charge is 0.380 e. The Hall–Kier alpha value is -0.990. The van der Waals surface area contributed by atoms with Crippen LogP contribution in [0.2, 0.25) is 5.02 Å². The Morgan fingerprint density at radius 2 is 2.06 bits per heavy atom. The Labute approximate surface area is 117 Å². The minimum atomic E-state index is -0.0460. The van der Waals surface area contributed by atoms with E-state index in [1.807, 2.05) is 24.3 Å². The van der Waals surface area contributed by atoms with Crippen molar-refractivity contribution in [1.29, 1.82) is 0 Å². The molecule has 0 aliphatic heterocycles. The lowest BCUT2D eigenvalue weighted by Crippen LogP contribution is -2.31. The third kappa shape index (κ3) is 3.06. The molecule has 96 valence electrons. The maximum atomic E-state index is 5.98. The van der Waals surface area contributed by atoms with Gasteiger partial charge in [-0.1, -0.05) is 11.6 Å². The topological polar surface area (TPSA) is 24.9 Å². The summed E-state index contributed by atoms with van der Waals surface area (Å²) in [6.45, 7) is 4.27. The molecule has 0 saturated heterocycles. The average Bonchev–Trinajstić information content (AvgIpc) is 2.28. The third-order valence-corrected chi connectivity index (χ3v) is 3.32. The normalized spacial score (nSPS) is 11.8. The minimum absolute atomic E-state index is 0.0460. The highest BCUT2D eigenvalue weighted by Crippen LogP contribution is 2.27. The van der Waals surface area contributed by atoms with Crippen molar-refractivity contribution < 1.29 is 0 Å². The van der Waals surface area contributed by atoms with Gasteiger partial charge in [-0.3, -0.25) is 4.98 Å². The fourth-order valence-electron chi connectivity index (χ4n) is 1.89. The Kier molecular flexibility index (Phi) is 3.98. The van der Waals surface area contributed by atoms with Gasteiger partial charge < -0.3 is 5.32 Å². The zero-order valence-electron chi connectivity index (χ0n) is 10.5. The summed E-state index contributed by atoms with van der Waals surface area (Å²) in [6.07, 6.45) is 2.68. The van der Waals surface area contributed by atoms with Crippen LogP contribution in [0.5, 0.6) is 0 Å². The van der Waals surface area contributed by atoms with E-state index in [9.17, 15) is 0 Å². The molecule has 2 nitrogen and oxygen atoms in total. The van der Waals surface area contributed by atoms with E-state index in [2.05, 4.69) is 24.1 Å². The summed E-state index contributed by atoms with van der Waals surface area (Å²) >= 11 is 11.8. The van der Waals surface area contributed by atoms with E-state index in [1.165, 1.54) is 0 Å². The van der Waals surface area contributed by atoms with Crippen molar-refractivity contribution in [2.45, 2.75) is 25.8 Å². The second-order valence-corrected chi connectivity index (χ2v) is 5.78. The quantitative estimate of drug-likeness (QED) is 0.822. The van der Waals surface area contributed by atoms with Crippen LogP contribution in [-0.4, -0.2) is 16.4 Å². The van der Waals surface area contributed by atoms with E-state index >= 15 is 0 Å². The Balaban J connectivity index is 2.39. The minimum Gasteiger partial charge on any atom is -0.380 e. The highest BCUT2D eigenvalue weighted by molar-refractivity contribution is 6.31. The molecule has 0 amide bonds. The number of nitrogens with one attached hydrogen (secondary N) is 1. The van der Waals surface area contributed by atoms with Crippen LogP contribution in [0, 0.1) is 0 Å². The number of aromatic nitrogens is 1. The summed E-state index contributed by atoms with van der Waals surface area (Å²) in [5.41, 5.74) is 1.91. The number of benzene rings is 1. The Morgan fingerprint density at radius 1 is 1.28 bits per heavy atom. The van der Waals surface area contributed by atoms with Gasteiger partial charge in [-0.05, 0) is 44.5 Å². The van der Waals surface area contributed by atoms with Gasteiger partial charge in [0.1, 0.15) is 0 Å². The highest BCUT2D eigenvalue weighted by atomic mass is 35.5. The fourth-order valence-corrected chi connectivity index (χ4v) is 2.53. The molecule has 1 aromatic carbocycles. The van der Waals surface area contributed by atoms with Crippen molar-refractivity contribution in [3.63, 3.8) is 0 Å². The number of rotatable bonds is 4. The van der Waals surface area contributed by atoms with Gasteiger partial charge in [-0.2, -0.15) is 0 Å². The molecule has 1 N–H and O–H groups in total. The molecule has 1 heterocycles. The number of alkyl halides is 1. The summed E-state index contributed by atoms with van der Waals surface area (Å²) in [4.78, 5) is 4.33. The molecule has 0 aliphatic carbocycles. The molecule has 0 saturated carbocycles. The van der Waals surface area contributed by atoms with E-state index in [4.69, 9.17) is 23.2 Å². The zero-order valence-corrected chi connectivity index (χ0v) is 12.0. The maximum Gasteiger partial charge on any atom is 0.0737 e. The lowest BCUT2D eigenvalue weighted by atomic mass is 10.0. The first kappa shape index (κ1) is 13.4. The molecule has 0 aliphatic rings. The molecule has 0 atom stereocenters. The molecular formula is C14H16Cl2N2. The predicted molar refractivity (Wildman–Crippen MR) is 79.8 cm³/mol. The smallest absolute Gasteiger partial charge is 0.0737 e. The van der Waals surface area contributed by atoms with E-state index in [-0.39, 0.29) is 5.54 Å². The van der Waals surface area contributed by atoms with E-state index < -0.39 is 0 Å². The molecule has 0 radical (unpaired) electrons. The summed E-state index contributed by atoms with van der Waals surface area (Å²) in [7, 11) is 0. The molecule has 4 heteroatoms. The Bertz CT molecular complexity index is 552. The van der Waals surface area contributed by atoms with Crippen LogP contribution in [0.4, 0.5) is 5.69 Å². The van der Waals surface area contributed by atoms with Crippen molar-refractivity contribution >= 4 is 39.8 Å². The summed E-state index contributed by atoms with van der Waals surface area (Å²) in [6, 6.07) is 7.72. The van der Waals surface area contributed by atoms with Gasteiger partial charge >= 0.3 is 0 Å². The second-order valence-electron chi connectivity index (χ2n) is 4.97. The number of fused-ring (bicyclic) bond motifs is 1. The summed E-state index contributed by atoms with van der Waals surface area (Å²) in [5.74, 6) is 0.634. The monoisotopic (exact) mass is 282 g/mol. The van der Waals surface area contributed by atoms with Crippen molar-refractivity contribution in [1.82, 2.24) is 4.98 Å². The van der Waals surface area contributed by atoms with E-state index in [1.54, 1.807) is 6.20 Å². The van der Waals surface area contributed by atoms with Gasteiger partial charge in [0.15, 0.2) is 0 Å². The van der Waals surface area contributed by atoms with Gasteiger partial charge in [-0.15, -0.1) is 11.6 Å². The first-order chi connectivity index (χ1) is 8.52. The standard InChI is InChI=1S/C14H16Cl2N2/c1-14(2,6-7-15)18-12-5-8-17-13-9-10(16)3-4-11(12)13/h3-5,8-9H,6-7H2,1-2H3,(H,17,18). The maximum absolute atomic E-state index is 5.98. The van der Waals surface area contributed by atoms with Crippen molar-refractivity contribution in [2.24, 2.45) is 0 Å². The highest BCUT2D eigenvalue weighted by Gasteiger charge is 2.17. The number of hydrogen-bond acceptors (Lipinski definition) is 2. The number of hydrogen-bond donors (Lipinski definition) is 1. The molecule has 0 unspecified atom stereocenters. The van der Waals surface area contributed by atoms with E-state index in [0.717, 1.165) is 23.0 Å². The van der Waals surface area contributed by atoms with Gasteiger partial charge in [0.25, 0.3) is 0 Å². The van der Waals surface area contributed by atoms with Crippen molar-refractivity contribution in [3.8, 4) is 0 Å². The molecular weight excluding hydrogens is 267 g/mol. The molecule has 18 heavy (non-hydrogen) atoms. The number of pyridine rings is 1. The van der Waals surface area contributed by atoms with Crippen LogP contribution >= 0.6 is 23.2 Å². The van der Waals surface area contributed by atoms with Gasteiger partial charge in [-0.25, -0.2) is 0 Å². The first-order valence-corrected chi connectivity index (χ1v) is 6.81. The molecule has 2 aromatic rings. The van der Waals surface area contributed by atoms with Gasteiger partial charge in [0, 0.05) is 33.7 Å². The van der Waals surface area contributed by atoms with Crippen LogP contribution in [0.3, 0.4) is 0 Å². The summed E-state index contributed by atoms with van der Waals surface area (Å²) < 4.78 is 0. The lowest BCUT2D eigenvalue weighted by molar-refractivity contribution is 0.551. The average molecular weight is 283 g/mol. The number of halogens is 2. The Morgan fingerprint density at radius 3 is 2.78 bits per heavy atom. The fraction of sp³-hybridized carbons (Fsp3) is 0.357. The van der Waals surface area contributed by atoms with Crippen LogP contribution in [0.15, 0.2) is 30.5 Å². The predicted octanol–water partition coefficient (Wildman–Crippen LogP) is 4.71. The van der Waals surface area contributed by atoms with E-state index in [0.29, 0.717) is 10.9 Å². The zero-order chi connectivity index (χ0) is 13.2.